The molecule has 96 valence electrons. The van der Waals surface area contributed by atoms with Crippen LogP contribution in [0.1, 0.15) is 34.1 Å². The maximum absolute atomic E-state index is 12.4. The van der Waals surface area contributed by atoms with Gasteiger partial charge in [-0.2, -0.15) is 0 Å². The van der Waals surface area contributed by atoms with E-state index in [4.69, 9.17) is 14.8 Å². The second-order valence-electron chi connectivity index (χ2n) is 5.02. The SMILES string of the molecule is CC1(C)OB(C(CC(F)F)N=[N+]=[N-])OC1(C)C. The van der Waals surface area contributed by atoms with Gasteiger partial charge >= 0.3 is 7.12 Å². The lowest BCUT2D eigenvalue weighted by molar-refractivity contribution is 0.00578. The van der Waals surface area contributed by atoms with Crippen LogP contribution in [0.5, 0.6) is 0 Å². The summed E-state index contributed by atoms with van der Waals surface area (Å²) < 4.78 is 35.8. The second kappa shape index (κ2) is 4.80. The van der Waals surface area contributed by atoms with E-state index in [0.717, 1.165) is 0 Å². The fourth-order valence-electron chi connectivity index (χ4n) is 1.51. The monoisotopic (exact) mass is 247 g/mol. The summed E-state index contributed by atoms with van der Waals surface area (Å²) >= 11 is 0. The van der Waals surface area contributed by atoms with Gasteiger partial charge in [-0.25, -0.2) is 8.78 Å². The standard InChI is InChI=1S/C9H16BF2N3O2/c1-8(2)9(3,4)17-10(16-8)6(14-15-13)5-7(11)12/h6-7H,5H2,1-4H3. The van der Waals surface area contributed by atoms with Crippen molar-refractivity contribution in [1.29, 1.82) is 0 Å². The van der Waals surface area contributed by atoms with Crippen LogP contribution in [0, 0.1) is 0 Å². The Balaban J connectivity index is 2.82. The highest BCUT2D eigenvalue weighted by molar-refractivity contribution is 6.47. The number of halogens is 2. The van der Waals surface area contributed by atoms with Gasteiger partial charge in [0, 0.05) is 11.3 Å². The summed E-state index contributed by atoms with van der Waals surface area (Å²) in [4.78, 5) is 2.56. The van der Waals surface area contributed by atoms with Gasteiger partial charge in [-0.1, -0.05) is 5.11 Å². The lowest BCUT2D eigenvalue weighted by Crippen LogP contribution is -2.41. The molecule has 1 heterocycles. The minimum Gasteiger partial charge on any atom is -0.403 e. The van der Waals surface area contributed by atoms with E-state index < -0.39 is 37.1 Å². The van der Waals surface area contributed by atoms with E-state index in [1.54, 1.807) is 0 Å². The van der Waals surface area contributed by atoms with Gasteiger partial charge in [0.2, 0.25) is 6.43 Å². The molecule has 1 unspecified atom stereocenters. The first-order chi connectivity index (χ1) is 7.69. The molecule has 1 rings (SSSR count). The van der Waals surface area contributed by atoms with Crippen molar-refractivity contribution in [2.75, 3.05) is 0 Å². The van der Waals surface area contributed by atoms with Crippen molar-refractivity contribution in [3.8, 4) is 0 Å². The Morgan fingerprint density at radius 3 is 2.06 bits per heavy atom. The van der Waals surface area contributed by atoms with Crippen LogP contribution in [-0.2, 0) is 9.31 Å². The Morgan fingerprint density at radius 1 is 1.24 bits per heavy atom. The van der Waals surface area contributed by atoms with Gasteiger partial charge in [0.1, 0.15) is 0 Å². The molecule has 0 saturated carbocycles. The summed E-state index contributed by atoms with van der Waals surface area (Å²) in [5.74, 6) is -1.01. The predicted molar refractivity (Wildman–Crippen MR) is 59.6 cm³/mol. The van der Waals surface area contributed by atoms with Crippen molar-refractivity contribution in [2.45, 2.75) is 57.7 Å². The minimum absolute atomic E-state index is 0.569. The van der Waals surface area contributed by atoms with E-state index in [9.17, 15) is 8.78 Å². The van der Waals surface area contributed by atoms with Crippen molar-refractivity contribution < 1.29 is 18.1 Å². The van der Waals surface area contributed by atoms with E-state index >= 15 is 0 Å². The van der Waals surface area contributed by atoms with Crippen LogP contribution in [0.25, 0.3) is 10.4 Å². The molecular weight excluding hydrogens is 231 g/mol. The third-order valence-corrected chi connectivity index (χ3v) is 3.21. The maximum Gasteiger partial charge on any atom is 0.467 e. The topological polar surface area (TPSA) is 67.2 Å². The predicted octanol–water partition coefficient (Wildman–Crippen LogP) is 2.95. The van der Waals surface area contributed by atoms with E-state index in [1.165, 1.54) is 0 Å². The molecule has 1 aliphatic heterocycles. The Bertz CT molecular complexity index is 316. The fourth-order valence-corrected chi connectivity index (χ4v) is 1.51. The molecule has 0 amide bonds. The lowest BCUT2D eigenvalue weighted by atomic mass is 9.77. The summed E-state index contributed by atoms with van der Waals surface area (Å²) in [6.45, 7) is 7.23. The summed E-state index contributed by atoms with van der Waals surface area (Å²) in [7, 11) is -0.926. The molecule has 0 N–H and O–H groups in total. The molecule has 1 atom stereocenters. The highest BCUT2D eigenvalue weighted by atomic mass is 19.3. The van der Waals surface area contributed by atoms with E-state index in [-0.39, 0.29) is 0 Å². The van der Waals surface area contributed by atoms with Gasteiger partial charge < -0.3 is 9.31 Å². The molecule has 1 fully saturated rings. The van der Waals surface area contributed by atoms with Crippen LogP contribution in [0.15, 0.2) is 5.11 Å². The number of rotatable bonds is 4. The molecule has 0 aromatic rings. The molecule has 0 spiro atoms. The first kappa shape index (κ1) is 14.2. The van der Waals surface area contributed by atoms with E-state index in [2.05, 4.69) is 10.0 Å². The Kier molecular flexibility index (Phi) is 4.01. The maximum atomic E-state index is 12.4. The minimum atomic E-state index is -2.57. The molecule has 0 radical (unpaired) electrons. The molecule has 1 aliphatic rings. The normalized spacial score (nSPS) is 23.6. The van der Waals surface area contributed by atoms with Crippen LogP contribution in [0.3, 0.4) is 0 Å². The van der Waals surface area contributed by atoms with Gasteiger partial charge in [0.05, 0.1) is 17.1 Å². The zero-order valence-corrected chi connectivity index (χ0v) is 10.4. The number of hydrogen-bond donors (Lipinski definition) is 0. The largest absolute Gasteiger partial charge is 0.467 e. The van der Waals surface area contributed by atoms with Gasteiger partial charge in [-0.15, -0.1) is 0 Å². The summed E-state index contributed by atoms with van der Waals surface area (Å²) in [5.41, 5.74) is 7.13. The van der Waals surface area contributed by atoms with E-state index in [0.29, 0.717) is 0 Å². The molecular formula is C9H16BF2N3O2. The molecule has 1 saturated heterocycles. The Morgan fingerprint density at radius 2 is 1.71 bits per heavy atom. The molecule has 8 heteroatoms. The summed E-state index contributed by atoms with van der Waals surface area (Å²) in [6.07, 6.45) is -3.13. The molecule has 0 aromatic carbocycles. The van der Waals surface area contributed by atoms with Crippen molar-refractivity contribution in [3.63, 3.8) is 0 Å². The van der Waals surface area contributed by atoms with Crippen LogP contribution >= 0.6 is 0 Å². The second-order valence-corrected chi connectivity index (χ2v) is 5.02. The van der Waals surface area contributed by atoms with Crippen molar-refractivity contribution in [2.24, 2.45) is 5.11 Å². The molecule has 0 aliphatic carbocycles. The fraction of sp³-hybridized carbons (Fsp3) is 1.00. The average Bonchev–Trinajstić information content (AvgIpc) is 2.34. The van der Waals surface area contributed by atoms with Gasteiger partial charge in [-0.05, 0) is 33.2 Å². The van der Waals surface area contributed by atoms with Gasteiger partial charge in [0.15, 0.2) is 0 Å². The molecule has 0 bridgehead atoms. The zero-order chi connectivity index (χ0) is 13.3. The molecule has 17 heavy (non-hydrogen) atoms. The summed E-state index contributed by atoms with van der Waals surface area (Å²) in [6, 6.07) is 0. The molecule has 0 aromatic heterocycles. The quantitative estimate of drug-likeness (QED) is 0.331. The molecule has 5 nitrogen and oxygen atoms in total. The Labute approximate surface area is 99.2 Å². The third kappa shape index (κ3) is 3.09. The van der Waals surface area contributed by atoms with Crippen molar-refractivity contribution in [3.05, 3.63) is 10.4 Å². The highest BCUT2D eigenvalue weighted by Gasteiger charge is 2.53. The third-order valence-electron chi connectivity index (χ3n) is 3.21. The lowest BCUT2D eigenvalue weighted by Gasteiger charge is -2.32. The Hall–Kier alpha value is -0.845. The van der Waals surface area contributed by atoms with Gasteiger partial charge in [-0.3, -0.25) is 0 Å². The van der Waals surface area contributed by atoms with E-state index in [1.807, 2.05) is 27.7 Å². The van der Waals surface area contributed by atoms with Crippen LogP contribution < -0.4 is 0 Å². The average molecular weight is 247 g/mol. The van der Waals surface area contributed by atoms with Crippen LogP contribution in [-0.4, -0.2) is 30.7 Å². The zero-order valence-electron chi connectivity index (χ0n) is 10.4. The number of hydrogen-bond acceptors (Lipinski definition) is 3. The van der Waals surface area contributed by atoms with Crippen molar-refractivity contribution in [1.82, 2.24) is 0 Å². The summed E-state index contributed by atoms with van der Waals surface area (Å²) in [5, 5.41) is 3.33. The number of alkyl halides is 2. The first-order valence-corrected chi connectivity index (χ1v) is 5.37. The van der Waals surface area contributed by atoms with Crippen molar-refractivity contribution >= 4 is 7.12 Å². The number of nitrogens with zero attached hydrogens (tertiary/aromatic N) is 3. The van der Waals surface area contributed by atoms with Crippen LogP contribution in [0.4, 0.5) is 8.78 Å². The number of azide groups is 1. The smallest absolute Gasteiger partial charge is 0.403 e. The first-order valence-electron chi connectivity index (χ1n) is 5.37. The highest BCUT2D eigenvalue weighted by Crippen LogP contribution is 2.38. The van der Waals surface area contributed by atoms with Gasteiger partial charge in [0.25, 0.3) is 0 Å². The van der Waals surface area contributed by atoms with Crippen LogP contribution in [0.2, 0.25) is 0 Å².